The molecule has 2 atom stereocenters. The van der Waals surface area contributed by atoms with Crippen LogP contribution < -0.4 is 5.32 Å². The van der Waals surface area contributed by atoms with Gasteiger partial charge in [-0.1, -0.05) is 181 Å². The summed E-state index contributed by atoms with van der Waals surface area (Å²) in [5, 5.41) is 12.4. The lowest BCUT2D eigenvalue weighted by atomic mass is 10.0. The minimum Gasteiger partial charge on any atom is -0.351 e. The highest BCUT2D eigenvalue weighted by Gasteiger charge is 2.30. The molecule has 0 radical (unpaired) electrons. The minimum absolute atomic E-state index is 0.00253. The van der Waals surface area contributed by atoms with Crippen LogP contribution >= 0.6 is 7.82 Å². The van der Waals surface area contributed by atoms with Crippen molar-refractivity contribution in [1.29, 1.82) is 0 Å². The SMILES string of the molecule is CCCCCCCCCCCCCCCCC(COP(=O)(OO)OCC[N+](C)(C)C)NC(=O)CCCCCCCCCCCCCCC. The molecular weight excluding hydrogens is 623 g/mol. The van der Waals surface area contributed by atoms with Crippen LogP contribution in [0, 0.1) is 0 Å². The van der Waals surface area contributed by atoms with Crippen LogP contribution in [-0.2, 0) is 23.1 Å². The van der Waals surface area contributed by atoms with E-state index in [-0.39, 0.29) is 25.2 Å². The number of phosphoric ester groups is 1. The molecule has 9 heteroatoms. The lowest BCUT2D eigenvalue weighted by Gasteiger charge is -2.25. The maximum absolute atomic E-state index is 12.8. The molecule has 0 aromatic rings. The normalized spacial score (nSPS) is 13.9. The quantitative estimate of drug-likeness (QED) is 0.0218. The highest BCUT2D eigenvalue weighted by atomic mass is 31.2. The molecule has 0 saturated heterocycles. The summed E-state index contributed by atoms with van der Waals surface area (Å²) in [6, 6.07) is -0.303. The third kappa shape index (κ3) is 34.0. The summed E-state index contributed by atoms with van der Waals surface area (Å²) >= 11 is 0. The van der Waals surface area contributed by atoms with E-state index >= 15 is 0 Å². The molecule has 0 bridgehead atoms. The van der Waals surface area contributed by atoms with Gasteiger partial charge in [-0.3, -0.25) is 13.8 Å². The monoisotopic (exact) mass is 706 g/mol. The molecular formula is C39H82N2O6P+. The molecule has 2 unspecified atom stereocenters. The number of hydrogen-bond acceptors (Lipinski definition) is 6. The molecule has 8 nitrogen and oxygen atoms in total. The summed E-state index contributed by atoms with van der Waals surface area (Å²) in [6.45, 7) is 5.21. The summed E-state index contributed by atoms with van der Waals surface area (Å²) in [6.07, 6.45) is 35.9. The Balaban J connectivity index is 4.36. The zero-order valence-electron chi connectivity index (χ0n) is 32.6. The maximum atomic E-state index is 12.8. The standard InChI is InChI=1S/C39H81N2O6P/c1-6-8-10-12-14-16-18-20-22-23-25-27-29-31-33-38(37-46-48(44,47-43)45-36-35-41(3,4)5)40-39(42)34-32-30-28-26-24-21-19-17-15-13-11-9-7-2/h38H,6-37H2,1-5H3,(H-,40,42,43)/p+1. The molecule has 0 heterocycles. The average molecular weight is 706 g/mol. The zero-order chi connectivity index (χ0) is 35.6. The van der Waals surface area contributed by atoms with Crippen LogP contribution in [0.1, 0.15) is 200 Å². The number of nitrogens with one attached hydrogen (secondary N) is 1. The summed E-state index contributed by atoms with van der Waals surface area (Å²) < 4.78 is 28.4. The lowest BCUT2D eigenvalue weighted by molar-refractivity contribution is -0.870. The van der Waals surface area contributed by atoms with E-state index in [4.69, 9.17) is 9.05 Å². The van der Waals surface area contributed by atoms with E-state index in [0.29, 0.717) is 17.4 Å². The molecule has 0 aliphatic heterocycles. The van der Waals surface area contributed by atoms with Gasteiger partial charge in [0.1, 0.15) is 13.2 Å². The van der Waals surface area contributed by atoms with Gasteiger partial charge in [0.2, 0.25) is 5.91 Å². The first kappa shape index (κ1) is 47.5. The van der Waals surface area contributed by atoms with E-state index in [1.807, 2.05) is 21.1 Å². The van der Waals surface area contributed by atoms with Gasteiger partial charge in [0, 0.05) is 6.42 Å². The Kier molecular flexibility index (Phi) is 33.3. The maximum Gasteiger partial charge on any atom is 0.502 e. The Morgan fingerprint density at radius 2 is 0.979 bits per heavy atom. The Morgan fingerprint density at radius 3 is 1.35 bits per heavy atom. The fraction of sp³-hybridized carbons (Fsp3) is 0.974. The van der Waals surface area contributed by atoms with Crippen LogP contribution in [0.15, 0.2) is 0 Å². The number of likely N-dealkylation sites (N-methyl/N-ethyl adjacent to an activating group) is 1. The highest BCUT2D eigenvalue weighted by Crippen LogP contribution is 2.48. The third-order valence-electron chi connectivity index (χ3n) is 9.32. The highest BCUT2D eigenvalue weighted by molar-refractivity contribution is 7.48. The number of amides is 1. The molecule has 0 aliphatic carbocycles. The van der Waals surface area contributed by atoms with Gasteiger partial charge in [-0.15, -0.1) is 4.67 Å². The molecule has 2 N–H and O–H groups in total. The number of phosphoric acid groups is 1. The largest absolute Gasteiger partial charge is 0.502 e. The van der Waals surface area contributed by atoms with Gasteiger partial charge in [-0.05, 0) is 12.8 Å². The molecule has 0 fully saturated rings. The first-order valence-electron chi connectivity index (χ1n) is 20.5. The second kappa shape index (κ2) is 33.6. The number of hydrogen-bond donors (Lipinski definition) is 2. The lowest BCUT2D eigenvalue weighted by Crippen LogP contribution is -2.38. The van der Waals surface area contributed by atoms with Crippen molar-refractivity contribution in [2.75, 3.05) is 40.9 Å². The first-order valence-corrected chi connectivity index (χ1v) is 21.9. The molecule has 288 valence electrons. The van der Waals surface area contributed by atoms with E-state index in [1.54, 1.807) is 0 Å². The van der Waals surface area contributed by atoms with E-state index in [1.165, 1.54) is 148 Å². The van der Waals surface area contributed by atoms with Gasteiger partial charge >= 0.3 is 7.82 Å². The van der Waals surface area contributed by atoms with Crippen molar-refractivity contribution in [3.8, 4) is 0 Å². The van der Waals surface area contributed by atoms with Crippen LogP contribution in [-0.4, -0.2) is 62.6 Å². The van der Waals surface area contributed by atoms with Gasteiger partial charge in [-0.25, -0.2) is 9.82 Å². The number of carbonyl (C=O) groups is 1. The van der Waals surface area contributed by atoms with Crippen LogP contribution in [0.3, 0.4) is 0 Å². The summed E-state index contributed by atoms with van der Waals surface area (Å²) in [4.78, 5) is 12.8. The molecule has 0 spiro atoms. The van der Waals surface area contributed by atoms with Crippen LogP contribution in [0.4, 0.5) is 0 Å². The Morgan fingerprint density at radius 1 is 0.604 bits per heavy atom. The van der Waals surface area contributed by atoms with Crippen LogP contribution in [0.25, 0.3) is 0 Å². The Hall–Kier alpha value is -0.500. The molecule has 0 rings (SSSR count). The molecule has 48 heavy (non-hydrogen) atoms. The Bertz CT molecular complexity index is 748. The van der Waals surface area contributed by atoms with Gasteiger partial charge in [0.05, 0.1) is 33.8 Å². The van der Waals surface area contributed by atoms with Gasteiger partial charge in [0.15, 0.2) is 0 Å². The first-order chi connectivity index (χ1) is 23.2. The number of quaternary nitrogens is 1. The van der Waals surface area contributed by atoms with Crippen molar-refractivity contribution < 1.29 is 32.8 Å². The fourth-order valence-corrected chi connectivity index (χ4v) is 6.91. The van der Waals surface area contributed by atoms with Crippen molar-refractivity contribution in [2.24, 2.45) is 0 Å². The fourth-order valence-electron chi connectivity index (χ4n) is 6.08. The Labute approximate surface area is 298 Å². The average Bonchev–Trinajstić information content (AvgIpc) is 3.05. The van der Waals surface area contributed by atoms with Crippen molar-refractivity contribution in [3.05, 3.63) is 0 Å². The summed E-state index contributed by atoms with van der Waals surface area (Å²) in [5.41, 5.74) is 0. The number of rotatable bonds is 38. The predicted molar refractivity (Wildman–Crippen MR) is 203 cm³/mol. The van der Waals surface area contributed by atoms with Gasteiger partial charge in [-0.2, -0.15) is 0 Å². The molecule has 0 aliphatic rings. The van der Waals surface area contributed by atoms with Crippen molar-refractivity contribution in [1.82, 2.24) is 5.32 Å². The van der Waals surface area contributed by atoms with Crippen molar-refractivity contribution in [3.63, 3.8) is 0 Å². The van der Waals surface area contributed by atoms with Crippen molar-refractivity contribution in [2.45, 2.75) is 206 Å². The minimum atomic E-state index is -4.11. The van der Waals surface area contributed by atoms with E-state index in [9.17, 15) is 14.6 Å². The molecule has 0 aromatic heterocycles. The van der Waals surface area contributed by atoms with Gasteiger partial charge in [0.25, 0.3) is 0 Å². The van der Waals surface area contributed by atoms with E-state index < -0.39 is 7.82 Å². The predicted octanol–water partition coefficient (Wildman–Crippen LogP) is 12.2. The zero-order valence-corrected chi connectivity index (χ0v) is 33.5. The topological polar surface area (TPSA) is 94.1 Å². The third-order valence-corrected chi connectivity index (χ3v) is 10.5. The summed E-state index contributed by atoms with van der Waals surface area (Å²) in [7, 11) is 1.87. The molecule has 0 aromatic carbocycles. The second-order valence-electron chi connectivity index (χ2n) is 15.3. The van der Waals surface area contributed by atoms with Crippen LogP contribution in [0.2, 0.25) is 0 Å². The molecule has 0 saturated carbocycles. The van der Waals surface area contributed by atoms with E-state index in [2.05, 4.69) is 23.8 Å². The second-order valence-corrected chi connectivity index (χ2v) is 16.9. The van der Waals surface area contributed by atoms with E-state index in [0.717, 1.165) is 32.1 Å². The molecule has 1 amide bonds. The van der Waals surface area contributed by atoms with Gasteiger partial charge < -0.3 is 9.80 Å². The number of unbranched alkanes of at least 4 members (excludes halogenated alkanes) is 25. The summed E-state index contributed by atoms with van der Waals surface area (Å²) in [5.74, 6) is 0.00253. The number of nitrogens with zero attached hydrogens (tertiary/aromatic N) is 1. The smallest absolute Gasteiger partial charge is 0.351 e. The van der Waals surface area contributed by atoms with Crippen LogP contribution in [0.5, 0.6) is 0 Å². The number of carbonyl (C=O) groups excluding carboxylic acids is 1. The van der Waals surface area contributed by atoms with Crippen molar-refractivity contribution >= 4 is 13.7 Å².